The molecule has 0 bridgehead atoms. The molecule has 0 aliphatic carbocycles. The Kier molecular flexibility index (Phi) is 6.23. The molecule has 2 heterocycles. The first-order valence-corrected chi connectivity index (χ1v) is 9.34. The average molecular weight is 397 g/mol. The molecule has 0 spiro atoms. The fourth-order valence-corrected chi connectivity index (χ4v) is 3.23. The van der Waals surface area contributed by atoms with Crippen molar-refractivity contribution in [3.63, 3.8) is 0 Å². The van der Waals surface area contributed by atoms with E-state index in [4.69, 9.17) is 9.84 Å². The molecular formula is C21H23N3O5. The van der Waals surface area contributed by atoms with Gasteiger partial charge in [-0.25, -0.2) is 9.78 Å². The zero-order valence-corrected chi connectivity index (χ0v) is 16.3. The second-order valence-electron chi connectivity index (χ2n) is 7.08. The molecule has 3 rings (SSSR count). The summed E-state index contributed by atoms with van der Waals surface area (Å²) in [5, 5.41) is 11.6. The van der Waals surface area contributed by atoms with E-state index in [0.717, 1.165) is 5.56 Å². The first kappa shape index (κ1) is 20.5. The van der Waals surface area contributed by atoms with E-state index in [0.29, 0.717) is 18.7 Å². The number of rotatable bonds is 5. The number of carboxylic acids is 1. The third-order valence-electron chi connectivity index (χ3n) is 4.61. The molecular weight excluding hydrogens is 374 g/mol. The van der Waals surface area contributed by atoms with E-state index in [2.05, 4.69) is 10.3 Å². The highest BCUT2D eigenvalue weighted by Crippen LogP contribution is 2.15. The van der Waals surface area contributed by atoms with Gasteiger partial charge in [0.1, 0.15) is 5.69 Å². The lowest BCUT2D eigenvalue weighted by Crippen LogP contribution is -2.48. The maximum absolute atomic E-state index is 12.7. The van der Waals surface area contributed by atoms with Crippen molar-refractivity contribution in [3.8, 4) is 0 Å². The molecule has 2 amide bonds. The van der Waals surface area contributed by atoms with Crippen LogP contribution in [0.1, 0.15) is 50.6 Å². The lowest BCUT2D eigenvalue weighted by Gasteiger charge is -2.35. The molecule has 8 nitrogen and oxygen atoms in total. The average Bonchev–Trinajstić information content (AvgIpc) is 2.71. The Balaban J connectivity index is 1.57. The predicted octanol–water partition coefficient (Wildman–Crippen LogP) is 1.96. The maximum Gasteiger partial charge on any atom is 0.354 e. The predicted molar refractivity (Wildman–Crippen MR) is 105 cm³/mol. The Morgan fingerprint density at radius 1 is 1.07 bits per heavy atom. The Bertz CT molecular complexity index is 886. The number of amides is 2. The molecule has 8 heteroatoms. The van der Waals surface area contributed by atoms with Crippen molar-refractivity contribution < 1.29 is 24.2 Å². The van der Waals surface area contributed by atoms with E-state index in [1.165, 1.54) is 18.3 Å². The minimum absolute atomic E-state index is 0.0104. The number of nitrogens with one attached hydrogen (secondary N) is 1. The second kappa shape index (κ2) is 8.83. The Hall–Kier alpha value is -3.26. The molecule has 29 heavy (non-hydrogen) atoms. The van der Waals surface area contributed by atoms with Gasteiger partial charge < -0.3 is 20.1 Å². The van der Waals surface area contributed by atoms with E-state index in [9.17, 15) is 14.4 Å². The summed E-state index contributed by atoms with van der Waals surface area (Å²) >= 11 is 0. The smallest absolute Gasteiger partial charge is 0.354 e. The number of aromatic nitrogens is 1. The Labute approximate surface area is 168 Å². The van der Waals surface area contributed by atoms with E-state index < -0.39 is 5.97 Å². The quantitative estimate of drug-likeness (QED) is 0.798. The van der Waals surface area contributed by atoms with Crippen LogP contribution in [0.3, 0.4) is 0 Å². The van der Waals surface area contributed by atoms with Crippen molar-refractivity contribution in [2.75, 3.05) is 13.1 Å². The van der Waals surface area contributed by atoms with Crippen LogP contribution in [-0.4, -0.2) is 58.1 Å². The van der Waals surface area contributed by atoms with Gasteiger partial charge in [0, 0.05) is 31.4 Å². The minimum atomic E-state index is -1.15. The molecule has 1 aromatic heterocycles. The summed E-state index contributed by atoms with van der Waals surface area (Å²) in [5.74, 6) is -1.54. The van der Waals surface area contributed by atoms with Gasteiger partial charge in [0.25, 0.3) is 11.8 Å². The first-order chi connectivity index (χ1) is 13.8. The van der Waals surface area contributed by atoms with Crippen molar-refractivity contribution in [1.82, 2.24) is 15.2 Å². The van der Waals surface area contributed by atoms with Crippen molar-refractivity contribution in [2.24, 2.45) is 0 Å². The number of nitrogens with zero attached hydrogens (tertiary/aromatic N) is 2. The molecule has 1 aromatic carbocycles. The molecule has 0 saturated carbocycles. The summed E-state index contributed by atoms with van der Waals surface area (Å²) in [7, 11) is 0. The van der Waals surface area contributed by atoms with Crippen LogP contribution in [0.5, 0.6) is 0 Å². The third-order valence-corrected chi connectivity index (χ3v) is 4.61. The first-order valence-electron chi connectivity index (χ1n) is 9.34. The van der Waals surface area contributed by atoms with Crippen LogP contribution < -0.4 is 5.32 Å². The summed E-state index contributed by atoms with van der Waals surface area (Å²) in [5.41, 5.74) is 1.59. The van der Waals surface area contributed by atoms with Crippen LogP contribution in [0.15, 0.2) is 42.6 Å². The topological polar surface area (TPSA) is 109 Å². The van der Waals surface area contributed by atoms with Gasteiger partial charge in [-0.1, -0.05) is 12.1 Å². The fourth-order valence-electron chi connectivity index (χ4n) is 3.23. The molecule has 0 radical (unpaired) electrons. The molecule has 2 N–H and O–H groups in total. The number of pyridine rings is 1. The van der Waals surface area contributed by atoms with Crippen LogP contribution in [0.25, 0.3) is 0 Å². The Morgan fingerprint density at radius 3 is 2.24 bits per heavy atom. The lowest BCUT2D eigenvalue weighted by molar-refractivity contribution is -0.0586. The molecule has 2 atom stereocenters. The molecule has 1 fully saturated rings. The molecule has 2 aromatic rings. The van der Waals surface area contributed by atoms with E-state index in [1.54, 1.807) is 29.2 Å². The summed E-state index contributed by atoms with van der Waals surface area (Å²) in [6, 6.07) is 9.79. The van der Waals surface area contributed by atoms with Gasteiger partial charge in [-0.2, -0.15) is 0 Å². The lowest BCUT2D eigenvalue weighted by atomic mass is 10.1. The zero-order chi connectivity index (χ0) is 21.0. The number of carbonyl (C=O) groups is 3. The highest BCUT2D eigenvalue weighted by Gasteiger charge is 2.26. The van der Waals surface area contributed by atoms with E-state index in [1.807, 2.05) is 13.8 Å². The summed E-state index contributed by atoms with van der Waals surface area (Å²) in [6.07, 6.45) is 1.25. The Morgan fingerprint density at radius 2 is 1.69 bits per heavy atom. The van der Waals surface area contributed by atoms with Crippen molar-refractivity contribution in [2.45, 2.75) is 32.6 Å². The minimum Gasteiger partial charge on any atom is -0.477 e. The van der Waals surface area contributed by atoms with Crippen LogP contribution in [0.4, 0.5) is 0 Å². The van der Waals surface area contributed by atoms with Crippen molar-refractivity contribution in [1.29, 1.82) is 0 Å². The highest BCUT2D eigenvalue weighted by atomic mass is 16.5. The monoisotopic (exact) mass is 397 g/mol. The van der Waals surface area contributed by atoms with Gasteiger partial charge in [0.15, 0.2) is 0 Å². The second-order valence-corrected chi connectivity index (χ2v) is 7.08. The largest absolute Gasteiger partial charge is 0.477 e. The number of aromatic carboxylic acids is 1. The molecule has 152 valence electrons. The SMILES string of the molecule is CC1CN(C(=O)c2ccc(CNC(=O)c3ccc(C(=O)O)nc3)cc2)CC(C)O1. The normalized spacial score (nSPS) is 18.9. The van der Waals surface area contributed by atoms with Gasteiger partial charge in [0.2, 0.25) is 0 Å². The maximum atomic E-state index is 12.7. The summed E-state index contributed by atoms with van der Waals surface area (Å²) in [6.45, 7) is 5.31. The van der Waals surface area contributed by atoms with E-state index >= 15 is 0 Å². The van der Waals surface area contributed by atoms with Crippen molar-refractivity contribution >= 4 is 17.8 Å². The van der Waals surface area contributed by atoms with Crippen LogP contribution in [-0.2, 0) is 11.3 Å². The number of ether oxygens (including phenoxy) is 1. The van der Waals surface area contributed by atoms with Gasteiger partial charge in [-0.15, -0.1) is 0 Å². The number of morpholine rings is 1. The zero-order valence-electron chi connectivity index (χ0n) is 16.3. The number of hydrogen-bond donors (Lipinski definition) is 2. The molecule has 2 unspecified atom stereocenters. The van der Waals surface area contributed by atoms with Gasteiger partial charge in [-0.05, 0) is 43.7 Å². The van der Waals surface area contributed by atoms with Gasteiger partial charge in [-0.3, -0.25) is 9.59 Å². The number of hydrogen-bond acceptors (Lipinski definition) is 5. The van der Waals surface area contributed by atoms with Gasteiger partial charge >= 0.3 is 5.97 Å². The highest BCUT2D eigenvalue weighted by molar-refractivity contribution is 5.95. The summed E-state index contributed by atoms with van der Waals surface area (Å²) < 4.78 is 5.66. The molecule has 1 aliphatic rings. The number of carbonyl (C=O) groups excluding carboxylic acids is 2. The number of carboxylic acid groups (broad SMARTS) is 1. The third kappa shape index (κ3) is 5.17. The van der Waals surface area contributed by atoms with Gasteiger partial charge in [0.05, 0.1) is 17.8 Å². The number of benzene rings is 1. The molecule has 1 saturated heterocycles. The van der Waals surface area contributed by atoms with Crippen LogP contribution in [0.2, 0.25) is 0 Å². The van der Waals surface area contributed by atoms with E-state index in [-0.39, 0.29) is 41.8 Å². The van der Waals surface area contributed by atoms with Crippen LogP contribution in [0, 0.1) is 0 Å². The van der Waals surface area contributed by atoms with Crippen molar-refractivity contribution in [3.05, 3.63) is 65.0 Å². The molecule has 1 aliphatic heterocycles. The fraction of sp³-hybridized carbons (Fsp3) is 0.333. The van der Waals surface area contributed by atoms with Crippen LogP contribution >= 0.6 is 0 Å². The summed E-state index contributed by atoms with van der Waals surface area (Å²) in [4.78, 5) is 41.2. The standard InChI is InChI=1S/C21H23N3O5/c1-13-11-24(12-14(2)29-13)20(26)16-5-3-15(4-6-16)9-23-19(25)17-7-8-18(21(27)28)22-10-17/h3-8,10,13-14H,9,11-12H2,1-2H3,(H,23,25)(H,27,28).